The highest BCUT2D eigenvalue weighted by Gasteiger charge is 2.23. The van der Waals surface area contributed by atoms with Gasteiger partial charge >= 0.3 is 0 Å². The SMILES string of the molecule is C=CC(=O)Nc1cc(N2CCN(CC)CC2)ccc1Nc1cc2c(cn1)cc(-c1c(Cl)c(OC)cc(OC)c1Cl)c1nncn12. The number of nitrogens with zero attached hydrogens (tertiary/aromatic N) is 6. The molecule has 0 atom stereocenters. The molecule has 0 bridgehead atoms. The number of halogens is 2. The van der Waals surface area contributed by atoms with Crippen molar-refractivity contribution in [3.8, 4) is 22.6 Å². The molecule has 0 radical (unpaired) electrons. The van der Waals surface area contributed by atoms with Crippen molar-refractivity contribution in [2.24, 2.45) is 0 Å². The van der Waals surface area contributed by atoms with E-state index >= 15 is 0 Å². The molecular formula is C32H32Cl2N8O3. The molecule has 232 valence electrons. The Balaban J connectivity index is 1.39. The molecule has 1 amide bonds. The number of amides is 1. The minimum Gasteiger partial charge on any atom is -0.495 e. The number of aromatic nitrogens is 4. The lowest BCUT2D eigenvalue weighted by Crippen LogP contribution is -2.46. The Hall–Kier alpha value is -4.58. The van der Waals surface area contributed by atoms with Gasteiger partial charge in [0.05, 0.1) is 41.2 Å². The summed E-state index contributed by atoms with van der Waals surface area (Å²) in [5, 5.41) is 16.3. The molecule has 1 aliphatic heterocycles. The van der Waals surface area contributed by atoms with E-state index < -0.39 is 0 Å². The average molecular weight is 648 g/mol. The van der Waals surface area contributed by atoms with Crippen LogP contribution < -0.4 is 25.0 Å². The molecule has 4 heterocycles. The molecule has 13 heteroatoms. The summed E-state index contributed by atoms with van der Waals surface area (Å²) in [5.74, 6) is 1.08. The van der Waals surface area contributed by atoms with Gasteiger partial charge in [-0.3, -0.25) is 9.20 Å². The Labute approximate surface area is 270 Å². The summed E-state index contributed by atoms with van der Waals surface area (Å²) < 4.78 is 12.8. The molecule has 2 aromatic carbocycles. The van der Waals surface area contributed by atoms with Gasteiger partial charge in [0.1, 0.15) is 23.6 Å². The molecule has 0 aliphatic carbocycles. The normalized spacial score (nSPS) is 13.7. The Morgan fingerprint density at radius 1 is 1.02 bits per heavy atom. The van der Waals surface area contributed by atoms with Crippen molar-refractivity contribution < 1.29 is 14.3 Å². The van der Waals surface area contributed by atoms with E-state index in [1.807, 2.05) is 28.7 Å². The Morgan fingerprint density at radius 2 is 1.76 bits per heavy atom. The van der Waals surface area contributed by atoms with Gasteiger partial charge in [-0.15, -0.1) is 10.2 Å². The van der Waals surface area contributed by atoms with E-state index in [0.29, 0.717) is 55.5 Å². The summed E-state index contributed by atoms with van der Waals surface area (Å²) in [4.78, 5) is 21.8. The van der Waals surface area contributed by atoms with Gasteiger partial charge in [-0.25, -0.2) is 4.98 Å². The maximum Gasteiger partial charge on any atom is 0.247 e. The maximum absolute atomic E-state index is 12.4. The third kappa shape index (κ3) is 5.82. The Bertz CT molecular complexity index is 1890. The van der Waals surface area contributed by atoms with Crippen LogP contribution in [0.1, 0.15) is 6.92 Å². The average Bonchev–Trinajstić information content (AvgIpc) is 3.57. The van der Waals surface area contributed by atoms with Crippen molar-refractivity contribution in [3.05, 3.63) is 71.6 Å². The van der Waals surface area contributed by atoms with Crippen LogP contribution in [0, 0.1) is 0 Å². The predicted octanol–water partition coefficient (Wildman–Crippen LogP) is 6.28. The second-order valence-corrected chi connectivity index (χ2v) is 11.2. The molecular weight excluding hydrogens is 615 g/mol. The number of pyridine rings is 2. The quantitative estimate of drug-likeness (QED) is 0.179. The maximum atomic E-state index is 12.4. The fourth-order valence-electron chi connectivity index (χ4n) is 5.55. The van der Waals surface area contributed by atoms with Crippen LogP contribution in [0.15, 0.2) is 61.6 Å². The van der Waals surface area contributed by atoms with Crippen LogP contribution in [-0.2, 0) is 4.79 Å². The van der Waals surface area contributed by atoms with Crippen LogP contribution >= 0.6 is 23.2 Å². The van der Waals surface area contributed by atoms with Crippen molar-refractivity contribution in [1.82, 2.24) is 24.5 Å². The summed E-state index contributed by atoms with van der Waals surface area (Å²) in [7, 11) is 3.05. The molecule has 0 spiro atoms. The molecule has 0 saturated carbocycles. The van der Waals surface area contributed by atoms with Crippen molar-refractivity contribution in [1.29, 1.82) is 0 Å². The second kappa shape index (κ2) is 12.8. The summed E-state index contributed by atoms with van der Waals surface area (Å²) in [6, 6.07) is 11.4. The first-order valence-electron chi connectivity index (χ1n) is 14.4. The van der Waals surface area contributed by atoms with E-state index in [4.69, 9.17) is 32.7 Å². The van der Waals surface area contributed by atoms with Crippen molar-refractivity contribution >= 4 is 68.5 Å². The Kier molecular flexibility index (Phi) is 8.66. The van der Waals surface area contributed by atoms with Gasteiger partial charge in [-0.2, -0.15) is 0 Å². The van der Waals surface area contributed by atoms with Crippen molar-refractivity contribution in [3.63, 3.8) is 0 Å². The first-order chi connectivity index (χ1) is 21.8. The highest BCUT2D eigenvalue weighted by Crippen LogP contribution is 2.47. The van der Waals surface area contributed by atoms with Crippen LogP contribution in [0.5, 0.6) is 11.5 Å². The molecule has 45 heavy (non-hydrogen) atoms. The number of nitrogens with one attached hydrogen (secondary N) is 2. The number of methoxy groups -OCH3 is 2. The van der Waals surface area contributed by atoms with Crippen LogP contribution in [-0.4, -0.2) is 77.3 Å². The van der Waals surface area contributed by atoms with E-state index in [9.17, 15) is 4.79 Å². The van der Waals surface area contributed by atoms with E-state index in [2.05, 4.69) is 55.2 Å². The lowest BCUT2D eigenvalue weighted by atomic mass is 10.0. The fraction of sp³-hybridized carbons (Fsp3) is 0.250. The van der Waals surface area contributed by atoms with E-state index in [-0.39, 0.29) is 5.91 Å². The molecule has 11 nitrogen and oxygen atoms in total. The minimum atomic E-state index is -0.303. The van der Waals surface area contributed by atoms with E-state index in [0.717, 1.165) is 49.3 Å². The van der Waals surface area contributed by atoms with Gasteiger partial charge in [-0.05, 0) is 36.9 Å². The first-order valence-corrected chi connectivity index (χ1v) is 15.1. The van der Waals surface area contributed by atoms with Crippen LogP contribution in [0.25, 0.3) is 27.7 Å². The van der Waals surface area contributed by atoms with Crippen molar-refractivity contribution in [2.75, 3.05) is 62.5 Å². The highest BCUT2D eigenvalue weighted by atomic mass is 35.5. The van der Waals surface area contributed by atoms with Gasteiger partial charge in [0.2, 0.25) is 5.91 Å². The molecule has 1 fully saturated rings. The van der Waals surface area contributed by atoms with Crippen LogP contribution in [0.3, 0.4) is 0 Å². The number of ether oxygens (including phenoxy) is 2. The third-order valence-electron chi connectivity index (χ3n) is 8.00. The largest absolute Gasteiger partial charge is 0.495 e. The summed E-state index contributed by atoms with van der Waals surface area (Å²) in [5.41, 5.74) is 4.82. The number of hydrogen-bond acceptors (Lipinski definition) is 9. The van der Waals surface area contributed by atoms with E-state index in [1.165, 1.54) is 20.3 Å². The minimum absolute atomic E-state index is 0.303. The fourth-order valence-corrected chi connectivity index (χ4v) is 6.25. The zero-order valence-corrected chi connectivity index (χ0v) is 26.6. The van der Waals surface area contributed by atoms with Crippen molar-refractivity contribution in [2.45, 2.75) is 6.92 Å². The number of carbonyl (C=O) groups is 1. The molecule has 2 N–H and O–H groups in total. The number of anilines is 4. The molecule has 6 rings (SSSR count). The zero-order chi connectivity index (χ0) is 31.7. The number of likely N-dealkylation sites (N-methyl/N-ethyl adjacent to an activating group) is 1. The molecule has 0 unspecified atom stereocenters. The first kappa shape index (κ1) is 30.4. The second-order valence-electron chi connectivity index (χ2n) is 10.5. The van der Waals surface area contributed by atoms with Gasteiger partial charge in [0.15, 0.2) is 5.65 Å². The predicted molar refractivity (Wildman–Crippen MR) is 180 cm³/mol. The zero-order valence-electron chi connectivity index (χ0n) is 25.1. The standard InChI is InChI=1S/C32H32Cl2N8O3/c1-5-28(43)38-23-14-20(41-11-9-40(6-2)10-12-41)7-8-22(23)37-27-15-24-19(17-35-27)13-21(32-39-36-18-42(24)32)29-30(33)25(44-3)16-26(45-4)31(29)34/h5,7-8,13-18H,1,6,9-12H2,2-4H3,(H,35,37)(H,38,43). The van der Waals surface area contributed by atoms with Gasteiger partial charge < -0.3 is 29.9 Å². The lowest BCUT2D eigenvalue weighted by molar-refractivity contribution is -0.111. The third-order valence-corrected chi connectivity index (χ3v) is 8.75. The highest BCUT2D eigenvalue weighted by molar-refractivity contribution is 6.41. The Morgan fingerprint density at radius 3 is 2.42 bits per heavy atom. The molecule has 3 aromatic heterocycles. The number of piperazine rings is 1. The molecule has 1 aliphatic rings. The number of benzene rings is 2. The number of rotatable bonds is 9. The smallest absolute Gasteiger partial charge is 0.247 e. The number of hydrogen-bond donors (Lipinski definition) is 2. The number of fused-ring (bicyclic) bond motifs is 3. The number of carbonyl (C=O) groups excluding carboxylic acids is 1. The molecule has 5 aromatic rings. The van der Waals surface area contributed by atoms with E-state index in [1.54, 1.807) is 18.6 Å². The van der Waals surface area contributed by atoms with Gasteiger partial charge in [-0.1, -0.05) is 36.7 Å². The molecule has 1 saturated heterocycles. The summed E-state index contributed by atoms with van der Waals surface area (Å²) in [6.07, 6.45) is 4.61. The monoisotopic (exact) mass is 646 g/mol. The lowest BCUT2D eigenvalue weighted by Gasteiger charge is -2.35. The van der Waals surface area contributed by atoms with Gasteiger partial charge in [0.25, 0.3) is 0 Å². The summed E-state index contributed by atoms with van der Waals surface area (Å²) in [6.45, 7) is 10.6. The topological polar surface area (TPSA) is 109 Å². The van der Waals surface area contributed by atoms with Crippen LogP contribution in [0.2, 0.25) is 10.0 Å². The van der Waals surface area contributed by atoms with Gasteiger partial charge in [0, 0.05) is 66.7 Å². The van der Waals surface area contributed by atoms with Crippen LogP contribution in [0.4, 0.5) is 22.9 Å². The summed E-state index contributed by atoms with van der Waals surface area (Å²) >= 11 is 13.5.